The van der Waals surface area contributed by atoms with Crippen LogP contribution in [-0.2, 0) is 0 Å². The lowest BCUT2D eigenvalue weighted by molar-refractivity contribution is 0.0973. The minimum Gasteiger partial charge on any atom is -0.507 e. The summed E-state index contributed by atoms with van der Waals surface area (Å²) >= 11 is 3.23. The number of carbonyl (C=O) groups excluding carboxylic acids is 2. The number of phenolic OH excluding ortho intramolecular Hbond substituents is 2. The van der Waals surface area contributed by atoms with Crippen LogP contribution in [0.1, 0.15) is 31.8 Å². The first-order valence-corrected chi connectivity index (χ1v) is 6.24. The molecule has 0 atom stereocenters. The van der Waals surface area contributed by atoms with Crippen molar-refractivity contribution in [3.05, 3.63) is 57.1 Å². The molecule has 3 rings (SSSR count). The largest absolute Gasteiger partial charge is 0.507 e. The fraction of sp³-hybridized carbons (Fsp3) is 0. The second kappa shape index (κ2) is 3.93. The third-order valence-corrected chi connectivity index (χ3v) is 3.76. The first kappa shape index (κ1) is 11.9. The van der Waals surface area contributed by atoms with Gasteiger partial charge < -0.3 is 10.2 Å². The van der Waals surface area contributed by atoms with Crippen LogP contribution in [-0.4, -0.2) is 21.8 Å². The Balaban J connectivity index is 2.43. The predicted molar refractivity (Wildman–Crippen MR) is 70.8 cm³/mol. The quantitative estimate of drug-likeness (QED) is 0.625. The molecule has 0 aliphatic heterocycles. The minimum atomic E-state index is -0.481. The summed E-state index contributed by atoms with van der Waals surface area (Å²) in [6.45, 7) is 0. The van der Waals surface area contributed by atoms with Crippen molar-refractivity contribution in [2.75, 3.05) is 0 Å². The topological polar surface area (TPSA) is 74.6 Å². The van der Waals surface area contributed by atoms with E-state index in [0.29, 0.717) is 4.47 Å². The van der Waals surface area contributed by atoms with E-state index in [9.17, 15) is 19.8 Å². The molecule has 0 amide bonds. The molecular formula is C14H7BrO4. The van der Waals surface area contributed by atoms with Gasteiger partial charge in [0.25, 0.3) is 0 Å². The summed E-state index contributed by atoms with van der Waals surface area (Å²) in [6.07, 6.45) is 0. The molecular weight excluding hydrogens is 312 g/mol. The second-order valence-electron chi connectivity index (χ2n) is 4.17. The first-order valence-electron chi connectivity index (χ1n) is 5.45. The van der Waals surface area contributed by atoms with Crippen LogP contribution in [0.3, 0.4) is 0 Å². The molecule has 0 saturated carbocycles. The summed E-state index contributed by atoms with van der Waals surface area (Å²) in [6, 6.07) is 7.20. The van der Waals surface area contributed by atoms with E-state index in [-0.39, 0.29) is 33.8 Å². The highest BCUT2D eigenvalue weighted by Gasteiger charge is 2.35. The average molecular weight is 319 g/mol. The van der Waals surface area contributed by atoms with Gasteiger partial charge in [0.2, 0.25) is 0 Å². The Hall–Kier alpha value is -2.14. The smallest absolute Gasteiger partial charge is 0.199 e. The lowest BCUT2D eigenvalue weighted by Crippen LogP contribution is -2.21. The van der Waals surface area contributed by atoms with Crippen molar-refractivity contribution < 1.29 is 19.8 Å². The predicted octanol–water partition coefficient (Wildman–Crippen LogP) is 2.64. The number of phenols is 2. The minimum absolute atomic E-state index is 0.143. The van der Waals surface area contributed by atoms with E-state index >= 15 is 0 Å². The maximum atomic E-state index is 12.4. The lowest BCUT2D eigenvalue weighted by Gasteiger charge is -2.19. The Labute approximate surface area is 116 Å². The van der Waals surface area contributed by atoms with E-state index in [1.165, 1.54) is 18.2 Å². The highest BCUT2D eigenvalue weighted by atomic mass is 79.9. The van der Waals surface area contributed by atoms with Gasteiger partial charge in [0.15, 0.2) is 11.6 Å². The lowest BCUT2D eigenvalue weighted by atomic mass is 9.83. The molecule has 0 bridgehead atoms. The van der Waals surface area contributed by atoms with Gasteiger partial charge in [0.05, 0.1) is 11.1 Å². The molecule has 1 aliphatic carbocycles. The molecule has 0 saturated heterocycles. The summed E-state index contributed by atoms with van der Waals surface area (Å²) in [5.74, 6) is -1.57. The van der Waals surface area contributed by atoms with Crippen LogP contribution in [0.2, 0.25) is 0 Å². The molecule has 4 nitrogen and oxygen atoms in total. The third-order valence-electron chi connectivity index (χ3n) is 3.10. The molecule has 0 aromatic heterocycles. The zero-order valence-corrected chi connectivity index (χ0v) is 11.1. The average Bonchev–Trinajstić information content (AvgIpc) is 2.38. The van der Waals surface area contributed by atoms with Gasteiger partial charge in [0, 0.05) is 15.6 Å². The maximum absolute atomic E-state index is 12.4. The SMILES string of the molecule is O=C1c2cccc(Br)c2C(=O)c2c(O)ccc(O)c21. The summed E-state index contributed by atoms with van der Waals surface area (Å²) in [5, 5.41) is 19.6. The zero-order valence-electron chi connectivity index (χ0n) is 9.48. The Morgan fingerprint density at radius 1 is 0.789 bits per heavy atom. The molecule has 2 aromatic carbocycles. The van der Waals surface area contributed by atoms with Crippen LogP contribution >= 0.6 is 15.9 Å². The molecule has 2 N–H and O–H groups in total. The maximum Gasteiger partial charge on any atom is 0.199 e. The van der Waals surface area contributed by atoms with Gasteiger partial charge in [-0.3, -0.25) is 9.59 Å². The van der Waals surface area contributed by atoms with E-state index in [4.69, 9.17) is 0 Å². The van der Waals surface area contributed by atoms with Gasteiger partial charge in [-0.1, -0.05) is 28.1 Å². The summed E-state index contributed by atoms with van der Waals surface area (Å²) in [4.78, 5) is 24.7. The summed E-state index contributed by atoms with van der Waals surface area (Å²) in [5.41, 5.74) is 0.133. The number of carbonyl (C=O) groups is 2. The molecule has 94 valence electrons. The van der Waals surface area contributed by atoms with Gasteiger partial charge in [-0.2, -0.15) is 0 Å². The fourth-order valence-corrected chi connectivity index (χ4v) is 2.79. The van der Waals surface area contributed by atoms with Crippen LogP contribution < -0.4 is 0 Å². The van der Waals surface area contributed by atoms with Crippen molar-refractivity contribution in [1.82, 2.24) is 0 Å². The Bertz CT molecular complexity index is 749. The van der Waals surface area contributed by atoms with E-state index < -0.39 is 11.6 Å². The molecule has 0 fully saturated rings. The van der Waals surface area contributed by atoms with Crippen molar-refractivity contribution in [2.24, 2.45) is 0 Å². The number of ketones is 2. The Morgan fingerprint density at radius 3 is 2.00 bits per heavy atom. The molecule has 0 unspecified atom stereocenters. The standard InChI is InChI=1S/C14H7BrO4/c15-7-3-1-2-6-10(7)14(19)12-9(17)5-4-8(16)11(12)13(6)18/h1-5,16-17H. The summed E-state index contributed by atoms with van der Waals surface area (Å²) < 4.78 is 0.483. The highest BCUT2D eigenvalue weighted by Crippen LogP contribution is 2.39. The van der Waals surface area contributed by atoms with Crippen LogP contribution in [0, 0.1) is 0 Å². The molecule has 19 heavy (non-hydrogen) atoms. The molecule has 0 radical (unpaired) electrons. The zero-order chi connectivity index (χ0) is 13.7. The van der Waals surface area contributed by atoms with Crippen molar-refractivity contribution in [1.29, 1.82) is 0 Å². The van der Waals surface area contributed by atoms with Gasteiger partial charge >= 0.3 is 0 Å². The number of halogens is 1. The van der Waals surface area contributed by atoms with Crippen molar-refractivity contribution in [2.45, 2.75) is 0 Å². The first-order chi connectivity index (χ1) is 9.02. The van der Waals surface area contributed by atoms with E-state index in [1.807, 2.05) is 0 Å². The summed E-state index contributed by atoms with van der Waals surface area (Å²) in [7, 11) is 0. The molecule has 2 aromatic rings. The second-order valence-corrected chi connectivity index (χ2v) is 5.03. The van der Waals surface area contributed by atoms with Gasteiger partial charge in [-0.15, -0.1) is 0 Å². The number of fused-ring (bicyclic) bond motifs is 2. The van der Waals surface area contributed by atoms with E-state index in [2.05, 4.69) is 15.9 Å². The van der Waals surface area contributed by atoms with Crippen LogP contribution in [0.15, 0.2) is 34.8 Å². The monoisotopic (exact) mass is 318 g/mol. The van der Waals surface area contributed by atoms with Crippen LogP contribution in [0.5, 0.6) is 11.5 Å². The van der Waals surface area contributed by atoms with E-state index in [0.717, 1.165) is 0 Å². The van der Waals surface area contributed by atoms with Crippen molar-refractivity contribution >= 4 is 27.5 Å². The van der Waals surface area contributed by atoms with Gasteiger partial charge in [-0.05, 0) is 18.2 Å². The number of aromatic hydroxyl groups is 2. The highest BCUT2D eigenvalue weighted by molar-refractivity contribution is 9.10. The molecule has 5 heteroatoms. The van der Waals surface area contributed by atoms with Crippen LogP contribution in [0.4, 0.5) is 0 Å². The number of rotatable bonds is 0. The number of hydrogen-bond acceptors (Lipinski definition) is 4. The molecule has 0 heterocycles. The fourth-order valence-electron chi connectivity index (χ4n) is 2.24. The van der Waals surface area contributed by atoms with Gasteiger partial charge in [0.1, 0.15) is 11.5 Å². The Morgan fingerprint density at radius 2 is 1.37 bits per heavy atom. The van der Waals surface area contributed by atoms with Crippen molar-refractivity contribution in [3.8, 4) is 11.5 Å². The van der Waals surface area contributed by atoms with Crippen molar-refractivity contribution in [3.63, 3.8) is 0 Å². The van der Waals surface area contributed by atoms with Gasteiger partial charge in [-0.25, -0.2) is 0 Å². The third kappa shape index (κ3) is 1.51. The normalized spacial score (nSPS) is 13.1. The van der Waals surface area contributed by atoms with E-state index in [1.54, 1.807) is 12.1 Å². The molecule has 0 spiro atoms. The number of benzene rings is 2. The Kier molecular flexibility index (Phi) is 2.46. The van der Waals surface area contributed by atoms with Crippen LogP contribution in [0.25, 0.3) is 0 Å². The number of hydrogen-bond donors (Lipinski definition) is 2. The molecule has 1 aliphatic rings.